The Hall–Kier alpha value is -0.970. The molecule has 26 heavy (non-hydrogen) atoms. The first-order valence-corrected chi connectivity index (χ1v) is 11.4. The number of hydrogen-bond donors (Lipinski definition) is 0. The quantitative estimate of drug-likeness (QED) is 0.142. The van der Waals surface area contributed by atoms with Crippen LogP contribution in [0.5, 0.6) is 0 Å². The highest BCUT2D eigenvalue weighted by atomic mass is 16.5. The molecule has 0 amide bonds. The second kappa shape index (κ2) is 22.1. The normalized spacial score (nSPS) is 10.4. The second-order valence-electron chi connectivity index (χ2n) is 7.36. The summed E-state index contributed by atoms with van der Waals surface area (Å²) in [4.78, 5) is 11.2. The van der Waals surface area contributed by atoms with E-state index >= 15 is 0 Å². The van der Waals surface area contributed by atoms with E-state index in [9.17, 15) is 4.79 Å². The molecule has 0 radical (unpaired) electrons. The second-order valence-corrected chi connectivity index (χ2v) is 7.36. The third-order valence-corrected chi connectivity index (χ3v) is 4.77. The maximum atomic E-state index is 11.2. The predicted octanol–water partition coefficient (Wildman–Crippen LogP) is 7.59. The summed E-state index contributed by atoms with van der Waals surface area (Å²) >= 11 is 0. The number of ether oxygens (including phenoxy) is 1. The van der Waals surface area contributed by atoms with Gasteiger partial charge in [-0.2, -0.15) is 0 Å². The van der Waals surface area contributed by atoms with Crippen molar-refractivity contribution in [1.29, 1.82) is 0 Å². The molecule has 0 rings (SSSR count). The molecule has 0 fully saturated rings. The van der Waals surface area contributed by atoms with Gasteiger partial charge in [0.15, 0.2) is 0 Å². The Labute approximate surface area is 163 Å². The van der Waals surface area contributed by atoms with Crippen LogP contribution in [0.2, 0.25) is 0 Å². The van der Waals surface area contributed by atoms with Crippen LogP contribution < -0.4 is 0 Å². The molecule has 152 valence electrons. The summed E-state index contributed by atoms with van der Waals surface area (Å²) in [6.45, 7) is 4.63. The summed E-state index contributed by atoms with van der Waals surface area (Å²) in [5, 5.41) is 0. The first-order chi connectivity index (χ1) is 12.8. The van der Waals surface area contributed by atoms with Crippen molar-refractivity contribution in [3.05, 3.63) is 0 Å². The van der Waals surface area contributed by atoms with Gasteiger partial charge in [0.05, 0.1) is 6.61 Å². The van der Waals surface area contributed by atoms with Crippen LogP contribution in [-0.2, 0) is 9.53 Å². The minimum Gasteiger partial charge on any atom is -0.466 e. The fourth-order valence-corrected chi connectivity index (χ4v) is 3.12. The highest BCUT2D eigenvalue weighted by Crippen LogP contribution is 2.11. The number of esters is 1. The lowest BCUT2D eigenvalue weighted by Gasteiger charge is -2.02. The van der Waals surface area contributed by atoms with E-state index in [-0.39, 0.29) is 5.97 Å². The smallest absolute Gasteiger partial charge is 0.305 e. The maximum Gasteiger partial charge on any atom is 0.305 e. The van der Waals surface area contributed by atoms with Crippen LogP contribution in [0.4, 0.5) is 0 Å². The minimum absolute atomic E-state index is 0.0393. The summed E-state index contributed by atoms with van der Waals surface area (Å²) in [6.07, 6.45) is 22.3. The Balaban J connectivity index is 3.13. The van der Waals surface area contributed by atoms with Gasteiger partial charge in [0.2, 0.25) is 0 Å². The van der Waals surface area contributed by atoms with Crippen molar-refractivity contribution in [2.75, 3.05) is 6.61 Å². The molecular weight excluding hydrogens is 320 g/mol. The molecule has 0 heterocycles. The molecule has 2 heteroatoms. The molecule has 0 aliphatic heterocycles. The average Bonchev–Trinajstić information content (AvgIpc) is 2.64. The fourth-order valence-electron chi connectivity index (χ4n) is 3.12. The van der Waals surface area contributed by atoms with Gasteiger partial charge in [-0.05, 0) is 26.2 Å². The van der Waals surface area contributed by atoms with E-state index in [4.69, 9.17) is 4.74 Å². The van der Waals surface area contributed by atoms with Crippen molar-refractivity contribution in [3.8, 4) is 11.8 Å². The summed E-state index contributed by atoms with van der Waals surface area (Å²) in [5.74, 6) is 6.64. The molecule has 0 aromatic carbocycles. The van der Waals surface area contributed by atoms with Crippen molar-refractivity contribution in [2.24, 2.45) is 0 Å². The Bertz CT molecular complexity index is 351. The number of carbonyl (C=O) groups excluding carboxylic acids is 1. The lowest BCUT2D eigenvalue weighted by atomic mass is 10.1. The minimum atomic E-state index is -0.0393. The zero-order chi connectivity index (χ0) is 19.1. The van der Waals surface area contributed by atoms with Crippen molar-refractivity contribution in [3.63, 3.8) is 0 Å². The number of carbonyl (C=O) groups is 1. The van der Waals surface area contributed by atoms with Gasteiger partial charge in [0.25, 0.3) is 0 Å². The SMILES string of the molecule is CCCCCCCCC#CCCCCCCCCCCCC(=O)OCC. The van der Waals surface area contributed by atoms with Crippen LogP contribution in [0.1, 0.15) is 129 Å². The van der Waals surface area contributed by atoms with E-state index in [2.05, 4.69) is 18.8 Å². The number of unbranched alkanes of at least 4 members (excludes halogenated alkanes) is 15. The molecule has 0 aromatic rings. The van der Waals surface area contributed by atoms with Crippen molar-refractivity contribution >= 4 is 5.97 Å². The summed E-state index contributed by atoms with van der Waals surface area (Å²) in [6, 6.07) is 0. The van der Waals surface area contributed by atoms with Crippen molar-refractivity contribution in [2.45, 2.75) is 129 Å². The van der Waals surface area contributed by atoms with Crippen LogP contribution in [0.3, 0.4) is 0 Å². The van der Waals surface area contributed by atoms with Crippen LogP contribution in [-0.4, -0.2) is 12.6 Å². The Kier molecular flexibility index (Phi) is 21.2. The van der Waals surface area contributed by atoms with E-state index < -0.39 is 0 Å². The Morgan fingerprint density at radius 3 is 1.50 bits per heavy atom. The molecule has 0 atom stereocenters. The van der Waals surface area contributed by atoms with Gasteiger partial charge in [-0.1, -0.05) is 84.0 Å². The van der Waals surface area contributed by atoms with Gasteiger partial charge < -0.3 is 4.74 Å². The molecular formula is C24H44O2. The molecule has 0 aliphatic carbocycles. The van der Waals surface area contributed by atoms with Gasteiger partial charge in [-0.25, -0.2) is 0 Å². The summed E-state index contributed by atoms with van der Waals surface area (Å²) < 4.78 is 4.93. The zero-order valence-electron chi connectivity index (χ0n) is 17.8. The van der Waals surface area contributed by atoms with Gasteiger partial charge in [-0.15, -0.1) is 11.8 Å². The number of hydrogen-bond acceptors (Lipinski definition) is 2. The molecule has 0 N–H and O–H groups in total. The first kappa shape index (κ1) is 25.0. The highest BCUT2D eigenvalue weighted by molar-refractivity contribution is 5.69. The molecule has 0 saturated carbocycles. The van der Waals surface area contributed by atoms with Gasteiger partial charge in [0, 0.05) is 19.3 Å². The van der Waals surface area contributed by atoms with Crippen LogP contribution in [0.25, 0.3) is 0 Å². The third kappa shape index (κ3) is 21.1. The molecule has 0 saturated heterocycles. The molecule has 0 aliphatic rings. The molecule has 0 unspecified atom stereocenters. The molecule has 0 spiro atoms. The first-order valence-electron chi connectivity index (χ1n) is 11.4. The monoisotopic (exact) mass is 364 g/mol. The number of rotatable bonds is 18. The topological polar surface area (TPSA) is 26.3 Å². The highest BCUT2D eigenvalue weighted by Gasteiger charge is 2.00. The van der Waals surface area contributed by atoms with Gasteiger partial charge >= 0.3 is 5.97 Å². The molecule has 0 aromatic heterocycles. The van der Waals surface area contributed by atoms with Crippen molar-refractivity contribution in [1.82, 2.24) is 0 Å². The van der Waals surface area contributed by atoms with Crippen LogP contribution in [0.15, 0.2) is 0 Å². The van der Waals surface area contributed by atoms with E-state index in [0.717, 1.165) is 25.7 Å². The van der Waals surface area contributed by atoms with Crippen molar-refractivity contribution < 1.29 is 9.53 Å². The largest absolute Gasteiger partial charge is 0.466 e. The van der Waals surface area contributed by atoms with E-state index in [1.807, 2.05) is 6.92 Å². The van der Waals surface area contributed by atoms with Gasteiger partial charge in [0.1, 0.15) is 0 Å². The lowest BCUT2D eigenvalue weighted by molar-refractivity contribution is -0.143. The fraction of sp³-hybridized carbons (Fsp3) is 0.875. The Morgan fingerprint density at radius 2 is 1.04 bits per heavy atom. The molecule has 2 nitrogen and oxygen atoms in total. The summed E-state index contributed by atoms with van der Waals surface area (Å²) in [5.41, 5.74) is 0. The van der Waals surface area contributed by atoms with Crippen LogP contribution >= 0.6 is 0 Å². The maximum absolute atomic E-state index is 11.2. The van der Waals surface area contributed by atoms with E-state index in [1.165, 1.54) is 83.5 Å². The zero-order valence-corrected chi connectivity index (χ0v) is 17.8. The average molecular weight is 365 g/mol. The van der Waals surface area contributed by atoms with E-state index in [1.54, 1.807) is 0 Å². The van der Waals surface area contributed by atoms with Crippen LogP contribution in [0, 0.1) is 11.8 Å². The third-order valence-electron chi connectivity index (χ3n) is 4.77. The molecule has 0 bridgehead atoms. The van der Waals surface area contributed by atoms with Gasteiger partial charge in [-0.3, -0.25) is 4.79 Å². The van der Waals surface area contributed by atoms with E-state index in [0.29, 0.717) is 13.0 Å². The summed E-state index contributed by atoms with van der Waals surface area (Å²) in [7, 11) is 0. The lowest BCUT2D eigenvalue weighted by Crippen LogP contribution is -2.03. The standard InChI is InChI=1S/C24H44O2/c1-3-5-6-7-8-9-10-11-12-13-14-15-16-17-18-19-20-21-22-23-24(25)26-4-2/h3-10,13-23H2,1-2H3. The Morgan fingerprint density at radius 1 is 0.615 bits per heavy atom. The predicted molar refractivity (Wildman–Crippen MR) is 113 cm³/mol.